The summed E-state index contributed by atoms with van der Waals surface area (Å²) in [6.45, 7) is 0. The van der Waals surface area contributed by atoms with Gasteiger partial charge in [-0.05, 0) is 47.3 Å². The van der Waals surface area contributed by atoms with Crippen molar-refractivity contribution in [1.82, 2.24) is 0 Å². The first kappa shape index (κ1) is 13.1. The Morgan fingerprint density at radius 1 is 1.44 bits per heavy atom. The van der Waals surface area contributed by atoms with E-state index in [4.69, 9.17) is 4.74 Å². The second-order valence-corrected chi connectivity index (χ2v) is 5.11. The molecule has 1 aliphatic carbocycles. The molecule has 1 N–H and O–H groups in total. The standard InChI is InChI=1S/C14H16BrNO2/c1-18-14(17)10-6-2-4-8-12(10)16-13-9-5-3-7-11(13)15/h3,5-7,9,12,16H,2,4,8H2,1H3/t12-/m0/s1. The zero-order valence-corrected chi connectivity index (χ0v) is 11.9. The molecular weight excluding hydrogens is 294 g/mol. The second-order valence-electron chi connectivity index (χ2n) is 4.26. The summed E-state index contributed by atoms with van der Waals surface area (Å²) < 4.78 is 5.83. The largest absolute Gasteiger partial charge is 0.466 e. The number of para-hydroxylation sites is 1. The van der Waals surface area contributed by atoms with Crippen LogP contribution in [0.15, 0.2) is 40.4 Å². The van der Waals surface area contributed by atoms with Crippen LogP contribution < -0.4 is 5.32 Å². The minimum absolute atomic E-state index is 0.0323. The van der Waals surface area contributed by atoms with E-state index in [1.54, 1.807) is 0 Å². The Morgan fingerprint density at radius 3 is 2.94 bits per heavy atom. The van der Waals surface area contributed by atoms with E-state index in [0.29, 0.717) is 0 Å². The van der Waals surface area contributed by atoms with Gasteiger partial charge in [-0.3, -0.25) is 0 Å². The first-order valence-corrected chi connectivity index (χ1v) is 6.81. The molecule has 0 saturated carbocycles. The Hall–Kier alpha value is -1.29. The van der Waals surface area contributed by atoms with Gasteiger partial charge in [0.15, 0.2) is 0 Å². The third kappa shape index (κ3) is 2.93. The highest BCUT2D eigenvalue weighted by Gasteiger charge is 2.24. The van der Waals surface area contributed by atoms with Crippen molar-refractivity contribution in [2.24, 2.45) is 0 Å². The highest BCUT2D eigenvalue weighted by atomic mass is 79.9. The van der Waals surface area contributed by atoms with E-state index in [1.165, 1.54) is 7.11 Å². The van der Waals surface area contributed by atoms with E-state index in [0.717, 1.165) is 35.0 Å². The van der Waals surface area contributed by atoms with Crippen LogP contribution in [0.5, 0.6) is 0 Å². The number of carbonyl (C=O) groups excluding carboxylic acids is 1. The lowest BCUT2D eigenvalue weighted by molar-refractivity contribution is -0.136. The maximum absolute atomic E-state index is 11.7. The van der Waals surface area contributed by atoms with Crippen molar-refractivity contribution in [2.75, 3.05) is 12.4 Å². The molecule has 1 aromatic carbocycles. The van der Waals surface area contributed by atoms with Crippen LogP contribution in [0.1, 0.15) is 19.3 Å². The van der Waals surface area contributed by atoms with Gasteiger partial charge in [-0.25, -0.2) is 4.79 Å². The van der Waals surface area contributed by atoms with Crippen LogP contribution in [0.2, 0.25) is 0 Å². The zero-order chi connectivity index (χ0) is 13.0. The minimum atomic E-state index is -0.237. The Labute approximate surface area is 115 Å². The third-order valence-corrected chi connectivity index (χ3v) is 3.75. The summed E-state index contributed by atoms with van der Waals surface area (Å²) in [6, 6.07) is 7.94. The molecule has 0 fully saturated rings. The smallest absolute Gasteiger partial charge is 0.335 e. The molecule has 0 heterocycles. The predicted molar refractivity (Wildman–Crippen MR) is 75.5 cm³/mol. The van der Waals surface area contributed by atoms with Gasteiger partial charge in [0.2, 0.25) is 0 Å². The van der Waals surface area contributed by atoms with Crippen molar-refractivity contribution in [3.8, 4) is 0 Å². The summed E-state index contributed by atoms with van der Waals surface area (Å²) in [4.78, 5) is 11.7. The normalized spacial score (nSPS) is 19.0. The maximum atomic E-state index is 11.7. The van der Waals surface area contributed by atoms with Crippen LogP contribution in [0.25, 0.3) is 0 Å². The summed E-state index contributed by atoms with van der Waals surface area (Å²) in [5.74, 6) is -0.237. The average Bonchev–Trinajstić information content (AvgIpc) is 2.41. The summed E-state index contributed by atoms with van der Waals surface area (Å²) in [5, 5.41) is 3.40. The first-order chi connectivity index (χ1) is 8.72. The first-order valence-electron chi connectivity index (χ1n) is 6.02. The van der Waals surface area contributed by atoms with Gasteiger partial charge in [-0.2, -0.15) is 0 Å². The Kier molecular flexibility index (Phi) is 4.42. The molecular formula is C14H16BrNO2. The topological polar surface area (TPSA) is 38.3 Å². The number of rotatable bonds is 3. The van der Waals surface area contributed by atoms with Gasteiger partial charge in [0.1, 0.15) is 0 Å². The van der Waals surface area contributed by atoms with Crippen LogP contribution in [-0.4, -0.2) is 19.1 Å². The molecule has 1 atom stereocenters. The molecule has 1 aromatic rings. The number of anilines is 1. The van der Waals surface area contributed by atoms with Gasteiger partial charge in [0.05, 0.1) is 18.7 Å². The summed E-state index contributed by atoms with van der Waals surface area (Å²) in [6.07, 6.45) is 4.95. The van der Waals surface area contributed by atoms with Crippen molar-refractivity contribution in [3.63, 3.8) is 0 Å². The van der Waals surface area contributed by atoms with Crippen LogP contribution in [0, 0.1) is 0 Å². The maximum Gasteiger partial charge on any atom is 0.335 e. The van der Waals surface area contributed by atoms with Crippen LogP contribution >= 0.6 is 15.9 Å². The number of carbonyl (C=O) groups is 1. The number of nitrogens with one attached hydrogen (secondary N) is 1. The Morgan fingerprint density at radius 2 is 2.22 bits per heavy atom. The number of benzene rings is 1. The van der Waals surface area contributed by atoms with Gasteiger partial charge in [0, 0.05) is 10.2 Å². The van der Waals surface area contributed by atoms with Gasteiger partial charge in [-0.15, -0.1) is 0 Å². The van der Waals surface area contributed by atoms with E-state index in [2.05, 4.69) is 21.2 Å². The number of esters is 1. The van der Waals surface area contributed by atoms with Crippen molar-refractivity contribution >= 4 is 27.6 Å². The molecule has 0 spiro atoms. The van der Waals surface area contributed by atoms with Gasteiger partial charge >= 0.3 is 5.97 Å². The molecule has 3 nitrogen and oxygen atoms in total. The summed E-state index contributed by atoms with van der Waals surface area (Å²) in [7, 11) is 1.42. The molecule has 1 aliphatic rings. The highest BCUT2D eigenvalue weighted by Crippen LogP contribution is 2.27. The Balaban J connectivity index is 2.17. The van der Waals surface area contributed by atoms with Crippen LogP contribution in [0.3, 0.4) is 0 Å². The van der Waals surface area contributed by atoms with Crippen LogP contribution in [-0.2, 0) is 9.53 Å². The third-order valence-electron chi connectivity index (χ3n) is 3.06. The van der Waals surface area contributed by atoms with E-state index in [9.17, 15) is 4.79 Å². The number of allylic oxidation sites excluding steroid dienone is 1. The number of ether oxygens (including phenoxy) is 1. The predicted octanol–water partition coefficient (Wildman–Crippen LogP) is 3.51. The molecule has 0 aromatic heterocycles. The molecule has 0 saturated heterocycles. The minimum Gasteiger partial charge on any atom is -0.466 e. The molecule has 18 heavy (non-hydrogen) atoms. The lowest BCUT2D eigenvalue weighted by Gasteiger charge is -2.25. The zero-order valence-electron chi connectivity index (χ0n) is 10.3. The fraction of sp³-hybridized carbons (Fsp3) is 0.357. The van der Waals surface area contributed by atoms with Crippen molar-refractivity contribution in [1.29, 1.82) is 0 Å². The molecule has 4 heteroatoms. The van der Waals surface area contributed by atoms with Gasteiger partial charge < -0.3 is 10.1 Å². The van der Waals surface area contributed by atoms with E-state index < -0.39 is 0 Å². The molecule has 0 unspecified atom stereocenters. The number of hydrogen-bond donors (Lipinski definition) is 1. The molecule has 0 amide bonds. The summed E-state index contributed by atoms with van der Waals surface area (Å²) in [5.41, 5.74) is 1.73. The number of hydrogen-bond acceptors (Lipinski definition) is 3. The molecule has 0 bridgehead atoms. The highest BCUT2D eigenvalue weighted by molar-refractivity contribution is 9.10. The molecule has 0 aliphatic heterocycles. The lowest BCUT2D eigenvalue weighted by Crippen LogP contribution is -2.29. The van der Waals surface area contributed by atoms with Crippen molar-refractivity contribution in [2.45, 2.75) is 25.3 Å². The van der Waals surface area contributed by atoms with Gasteiger partial charge in [-0.1, -0.05) is 18.2 Å². The quantitative estimate of drug-likeness (QED) is 0.868. The molecule has 0 radical (unpaired) electrons. The van der Waals surface area contributed by atoms with Crippen LogP contribution in [0.4, 0.5) is 5.69 Å². The van der Waals surface area contributed by atoms with E-state index >= 15 is 0 Å². The number of methoxy groups -OCH3 is 1. The fourth-order valence-corrected chi connectivity index (χ4v) is 2.54. The molecule has 96 valence electrons. The SMILES string of the molecule is COC(=O)C1=CCCC[C@@H]1Nc1ccccc1Br. The monoisotopic (exact) mass is 309 g/mol. The van der Waals surface area contributed by atoms with Crippen molar-refractivity contribution in [3.05, 3.63) is 40.4 Å². The van der Waals surface area contributed by atoms with Gasteiger partial charge in [0.25, 0.3) is 0 Å². The lowest BCUT2D eigenvalue weighted by atomic mass is 9.94. The van der Waals surface area contributed by atoms with Crippen molar-refractivity contribution < 1.29 is 9.53 Å². The summed E-state index contributed by atoms with van der Waals surface area (Å²) >= 11 is 3.50. The number of halogens is 1. The van der Waals surface area contributed by atoms with E-state index in [-0.39, 0.29) is 12.0 Å². The second kappa shape index (κ2) is 6.05. The van der Waals surface area contributed by atoms with E-state index in [1.807, 2.05) is 30.3 Å². The average molecular weight is 310 g/mol. The Bertz CT molecular complexity index is 471. The molecule has 2 rings (SSSR count). The fourth-order valence-electron chi connectivity index (χ4n) is 2.14.